The van der Waals surface area contributed by atoms with E-state index in [1.54, 1.807) is 20.1 Å². The highest BCUT2D eigenvalue weighted by Crippen LogP contribution is 2.25. The van der Waals surface area contributed by atoms with Crippen molar-refractivity contribution in [3.8, 4) is 11.5 Å². The highest BCUT2D eigenvalue weighted by Gasteiger charge is 2.11. The van der Waals surface area contributed by atoms with Crippen LogP contribution in [0.25, 0.3) is 0 Å². The fourth-order valence-electron chi connectivity index (χ4n) is 1.61. The number of rotatable bonds is 6. The number of benzene rings is 1. The molecule has 0 bridgehead atoms. The number of esters is 1. The third kappa shape index (κ3) is 4.28. The number of hydrogen-bond donors (Lipinski definition) is 0. The summed E-state index contributed by atoms with van der Waals surface area (Å²) in [5, 5.41) is 0. The van der Waals surface area contributed by atoms with Gasteiger partial charge in [-0.25, -0.2) is 0 Å². The lowest BCUT2D eigenvalue weighted by Gasteiger charge is -2.13. The Morgan fingerprint density at radius 1 is 1.33 bits per heavy atom. The lowest BCUT2D eigenvalue weighted by Crippen LogP contribution is -2.10. The minimum absolute atomic E-state index is 0.0915. The molecule has 4 nitrogen and oxygen atoms in total. The SMILES string of the molecule is CCOC(=O)Cc1cc(OC(C)C)ccc1OC. The summed E-state index contributed by atoms with van der Waals surface area (Å²) >= 11 is 0. The minimum atomic E-state index is -0.266. The molecule has 4 heteroatoms. The van der Waals surface area contributed by atoms with Crippen molar-refractivity contribution in [3.05, 3.63) is 23.8 Å². The number of methoxy groups -OCH3 is 1. The summed E-state index contributed by atoms with van der Waals surface area (Å²) in [4.78, 5) is 11.5. The predicted molar refractivity (Wildman–Crippen MR) is 69.1 cm³/mol. The Morgan fingerprint density at radius 2 is 2.06 bits per heavy atom. The van der Waals surface area contributed by atoms with Crippen molar-refractivity contribution in [1.82, 2.24) is 0 Å². The molecule has 0 aromatic heterocycles. The second-order valence-corrected chi connectivity index (χ2v) is 4.12. The number of ether oxygens (including phenoxy) is 3. The number of carbonyl (C=O) groups excluding carboxylic acids is 1. The highest BCUT2D eigenvalue weighted by molar-refractivity contribution is 5.73. The van der Waals surface area contributed by atoms with E-state index in [1.807, 2.05) is 26.0 Å². The molecule has 0 aliphatic heterocycles. The molecule has 0 unspecified atom stereocenters. The molecule has 0 saturated carbocycles. The maximum absolute atomic E-state index is 11.5. The van der Waals surface area contributed by atoms with Crippen LogP contribution in [0.1, 0.15) is 26.3 Å². The van der Waals surface area contributed by atoms with Crippen LogP contribution in [0.4, 0.5) is 0 Å². The smallest absolute Gasteiger partial charge is 0.310 e. The molecular weight excluding hydrogens is 232 g/mol. The molecule has 0 spiro atoms. The Labute approximate surface area is 108 Å². The molecule has 0 amide bonds. The van der Waals surface area contributed by atoms with Gasteiger partial charge in [0.2, 0.25) is 0 Å². The Hall–Kier alpha value is -1.71. The molecule has 1 aromatic rings. The quantitative estimate of drug-likeness (QED) is 0.730. The van der Waals surface area contributed by atoms with Gasteiger partial charge in [-0.1, -0.05) is 0 Å². The molecule has 18 heavy (non-hydrogen) atoms. The van der Waals surface area contributed by atoms with E-state index in [0.29, 0.717) is 12.4 Å². The van der Waals surface area contributed by atoms with Crippen LogP contribution in [0, 0.1) is 0 Å². The van der Waals surface area contributed by atoms with Crippen molar-refractivity contribution in [2.24, 2.45) is 0 Å². The van der Waals surface area contributed by atoms with Crippen molar-refractivity contribution in [2.75, 3.05) is 13.7 Å². The summed E-state index contributed by atoms with van der Waals surface area (Å²) < 4.78 is 15.7. The third-order valence-corrected chi connectivity index (χ3v) is 2.26. The summed E-state index contributed by atoms with van der Waals surface area (Å²) in [6, 6.07) is 5.44. The average molecular weight is 252 g/mol. The van der Waals surface area contributed by atoms with Crippen LogP contribution in [0.3, 0.4) is 0 Å². The van der Waals surface area contributed by atoms with E-state index in [9.17, 15) is 4.79 Å². The van der Waals surface area contributed by atoms with Gasteiger partial charge in [-0.2, -0.15) is 0 Å². The first kappa shape index (κ1) is 14.4. The largest absolute Gasteiger partial charge is 0.496 e. The molecule has 0 saturated heterocycles. The maximum Gasteiger partial charge on any atom is 0.310 e. The van der Waals surface area contributed by atoms with Gasteiger partial charge in [-0.3, -0.25) is 4.79 Å². The molecule has 0 N–H and O–H groups in total. The normalized spacial score (nSPS) is 10.3. The molecule has 100 valence electrons. The van der Waals surface area contributed by atoms with E-state index in [4.69, 9.17) is 14.2 Å². The van der Waals surface area contributed by atoms with Gasteiger partial charge >= 0.3 is 5.97 Å². The van der Waals surface area contributed by atoms with Gasteiger partial charge in [-0.15, -0.1) is 0 Å². The van der Waals surface area contributed by atoms with Crippen LogP contribution in [-0.4, -0.2) is 25.8 Å². The number of hydrogen-bond acceptors (Lipinski definition) is 4. The first-order chi connectivity index (χ1) is 8.56. The first-order valence-electron chi connectivity index (χ1n) is 6.06. The third-order valence-electron chi connectivity index (χ3n) is 2.26. The van der Waals surface area contributed by atoms with Crippen molar-refractivity contribution < 1.29 is 19.0 Å². The van der Waals surface area contributed by atoms with E-state index < -0.39 is 0 Å². The van der Waals surface area contributed by atoms with Gasteiger partial charge in [-0.05, 0) is 39.0 Å². The monoisotopic (exact) mass is 252 g/mol. The molecule has 0 aliphatic carbocycles. The zero-order valence-electron chi connectivity index (χ0n) is 11.4. The van der Waals surface area contributed by atoms with Crippen molar-refractivity contribution in [1.29, 1.82) is 0 Å². The van der Waals surface area contributed by atoms with Gasteiger partial charge in [0.15, 0.2) is 0 Å². The molecule has 0 atom stereocenters. The van der Waals surface area contributed by atoms with Gasteiger partial charge in [0.25, 0.3) is 0 Å². The lowest BCUT2D eigenvalue weighted by molar-refractivity contribution is -0.142. The van der Waals surface area contributed by atoms with Crippen LogP contribution in [-0.2, 0) is 16.0 Å². The topological polar surface area (TPSA) is 44.8 Å². The fraction of sp³-hybridized carbons (Fsp3) is 0.500. The van der Waals surface area contributed by atoms with Crippen LogP contribution in [0.15, 0.2) is 18.2 Å². The van der Waals surface area contributed by atoms with Crippen LogP contribution in [0.5, 0.6) is 11.5 Å². The van der Waals surface area contributed by atoms with Gasteiger partial charge < -0.3 is 14.2 Å². The van der Waals surface area contributed by atoms with Crippen molar-refractivity contribution in [3.63, 3.8) is 0 Å². The molecule has 0 radical (unpaired) electrons. The number of carbonyl (C=O) groups is 1. The second-order valence-electron chi connectivity index (χ2n) is 4.12. The lowest BCUT2D eigenvalue weighted by atomic mass is 10.1. The predicted octanol–water partition coefficient (Wildman–Crippen LogP) is 2.59. The average Bonchev–Trinajstić information content (AvgIpc) is 2.28. The van der Waals surface area contributed by atoms with Crippen molar-refractivity contribution >= 4 is 5.97 Å². The molecule has 0 fully saturated rings. The zero-order chi connectivity index (χ0) is 13.5. The summed E-state index contributed by atoms with van der Waals surface area (Å²) in [6.45, 7) is 6.07. The van der Waals surface area contributed by atoms with Crippen molar-refractivity contribution in [2.45, 2.75) is 33.3 Å². The van der Waals surface area contributed by atoms with Gasteiger partial charge in [0.1, 0.15) is 11.5 Å². The Morgan fingerprint density at radius 3 is 2.61 bits per heavy atom. The van der Waals surface area contributed by atoms with E-state index >= 15 is 0 Å². The van der Waals surface area contributed by atoms with Crippen LogP contribution in [0.2, 0.25) is 0 Å². The first-order valence-corrected chi connectivity index (χ1v) is 6.06. The van der Waals surface area contributed by atoms with E-state index in [2.05, 4.69) is 0 Å². The fourth-order valence-corrected chi connectivity index (χ4v) is 1.61. The summed E-state index contributed by atoms with van der Waals surface area (Å²) in [6.07, 6.45) is 0.278. The Balaban J connectivity index is 2.88. The molecule has 0 aliphatic rings. The van der Waals surface area contributed by atoms with Crippen LogP contribution < -0.4 is 9.47 Å². The molecule has 1 aromatic carbocycles. The minimum Gasteiger partial charge on any atom is -0.496 e. The molecule has 0 heterocycles. The van der Waals surface area contributed by atoms with E-state index in [1.165, 1.54) is 0 Å². The summed E-state index contributed by atoms with van der Waals surface area (Å²) in [5.74, 6) is 1.13. The van der Waals surface area contributed by atoms with Gasteiger partial charge in [0.05, 0.1) is 26.2 Å². The standard InChI is InChI=1S/C14H20O4/c1-5-17-14(15)9-11-8-12(18-10(2)3)6-7-13(11)16-4/h6-8,10H,5,9H2,1-4H3. The summed E-state index contributed by atoms with van der Waals surface area (Å²) in [5.41, 5.74) is 0.772. The van der Waals surface area contributed by atoms with Crippen LogP contribution >= 0.6 is 0 Å². The van der Waals surface area contributed by atoms with E-state index in [-0.39, 0.29) is 18.5 Å². The van der Waals surface area contributed by atoms with E-state index in [0.717, 1.165) is 11.3 Å². The molecular formula is C14H20O4. The summed E-state index contributed by atoms with van der Waals surface area (Å²) in [7, 11) is 1.58. The zero-order valence-corrected chi connectivity index (χ0v) is 11.4. The van der Waals surface area contributed by atoms with Gasteiger partial charge in [0, 0.05) is 5.56 Å². The maximum atomic E-state index is 11.5. The second kappa shape index (κ2) is 6.89. The Kier molecular flexibility index (Phi) is 5.49. The molecule has 1 rings (SSSR count). The Bertz CT molecular complexity index is 399. The highest BCUT2D eigenvalue weighted by atomic mass is 16.5.